The highest BCUT2D eigenvalue weighted by Crippen LogP contribution is 2.25. The normalized spacial score (nSPS) is 14.1. The molecule has 0 spiro atoms. The summed E-state index contributed by atoms with van der Waals surface area (Å²) in [5.74, 6) is 1.83. The molecule has 1 atom stereocenters. The van der Waals surface area contributed by atoms with Gasteiger partial charge in [0.25, 0.3) is 5.09 Å². The van der Waals surface area contributed by atoms with Crippen LogP contribution in [0.2, 0.25) is 0 Å². The fraction of sp³-hybridized carbons (Fsp3) is 0.593. The van der Waals surface area contributed by atoms with Crippen molar-refractivity contribution in [3.05, 3.63) is 64.2 Å². The topological polar surface area (TPSA) is 90.7 Å². The molecule has 7 heteroatoms. The van der Waals surface area contributed by atoms with Crippen LogP contribution in [0.15, 0.2) is 48.6 Å². The Hall–Kier alpha value is -2.67. The molecule has 34 heavy (non-hydrogen) atoms. The summed E-state index contributed by atoms with van der Waals surface area (Å²) in [7, 11) is 1.72. The first kappa shape index (κ1) is 31.3. The molecule has 1 aromatic carbocycles. The summed E-state index contributed by atoms with van der Waals surface area (Å²) in [6, 6.07) is 8.26. The summed E-state index contributed by atoms with van der Waals surface area (Å²) in [6.45, 7) is 6.76. The third-order valence-corrected chi connectivity index (χ3v) is 5.20. The number of unbranched alkanes of at least 4 members (excludes halogenated alkanes) is 2. The van der Waals surface area contributed by atoms with Gasteiger partial charge in [0, 0.05) is 12.5 Å². The highest BCUT2D eigenvalue weighted by atomic mass is 16.9. The van der Waals surface area contributed by atoms with E-state index in [0.717, 1.165) is 43.8 Å². The van der Waals surface area contributed by atoms with Gasteiger partial charge in [-0.15, -0.1) is 10.1 Å². The molecule has 1 unspecified atom stereocenters. The SMILES string of the molecule is C/C=C\CCCC=O.CNC(C)CO[N+](=O)[O-].Cc1cccc(OCC/C=C/C2CCCC2)c1. The Balaban J connectivity index is 0.000000544. The number of carbonyl (C=O) groups excluding carboxylic acids is 1. The first-order chi connectivity index (χ1) is 16.4. The van der Waals surface area contributed by atoms with Crippen molar-refractivity contribution in [1.82, 2.24) is 5.32 Å². The van der Waals surface area contributed by atoms with Gasteiger partial charge in [0.05, 0.1) is 6.61 Å². The highest BCUT2D eigenvalue weighted by Gasteiger charge is 2.10. The molecule has 1 saturated carbocycles. The summed E-state index contributed by atoms with van der Waals surface area (Å²) in [4.78, 5) is 23.4. The van der Waals surface area contributed by atoms with Gasteiger partial charge in [-0.05, 0) is 83.5 Å². The number of aryl methyl sites for hydroxylation is 1. The molecule has 0 bridgehead atoms. The van der Waals surface area contributed by atoms with Gasteiger partial charge >= 0.3 is 0 Å². The van der Waals surface area contributed by atoms with Crippen molar-refractivity contribution in [2.24, 2.45) is 5.92 Å². The number of nitrogens with one attached hydrogen (secondary N) is 1. The van der Waals surface area contributed by atoms with E-state index in [-0.39, 0.29) is 12.6 Å². The first-order valence-electron chi connectivity index (χ1n) is 12.3. The smallest absolute Gasteiger partial charge is 0.294 e. The van der Waals surface area contributed by atoms with E-state index in [2.05, 4.69) is 47.4 Å². The van der Waals surface area contributed by atoms with E-state index < -0.39 is 5.09 Å². The summed E-state index contributed by atoms with van der Waals surface area (Å²) in [6.07, 6.45) is 19.0. The van der Waals surface area contributed by atoms with Crippen molar-refractivity contribution in [2.75, 3.05) is 20.3 Å². The molecule has 0 heterocycles. The van der Waals surface area contributed by atoms with Crippen LogP contribution >= 0.6 is 0 Å². The van der Waals surface area contributed by atoms with Crippen molar-refractivity contribution in [3.8, 4) is 5.75 Å². The van der Waals surface area contributed by atoms with Crippen LogP contribution in [0.25, 0.3) is 0 Å². The number of hydrogen-bond acceptors (Lipinski definition) is 6. The van der Waals surface area contributed by atoms with Crippen LogP contribution < -0.4 is 10.1 Å². The highest BCUT2D eigenvalue weighted by molar-refractivity contribution is 5.49. The molecule has 1 aliphatic rings. The lowest BCUT2D eigenvalue weighted by atomic mass is 10.1. The van der Waals surface area contributed by atoms with Gasteiger partial charge in [-0.3, -0.25) is 0 Å². The minimum Gasteiger partial charge on any atom is -0.493 e. The third-order valence-electron chi connectivity index (χ3n) is 5.20. The maximum Gasteiger partial charge on any atom is 0.294 e. The molecule has 0 aromatic heterocycles. The number of aldehydes is 1. The van der Waals surface area contributed by atoms with E-state index in [4.69, 9.17) is 4.74 Å². The monoisotopic (exact) mass is 476 g/mol. The molecule has 7 nitrogen and oxygen atoms in total. The lowest BCUT2D eigenvalue weighted by Gasteiger charge is -2.06. The summed E-state index contributed by atoms with van der Waals surface area (Å²) in [5, 5.41) is 11.6. The number of benzene rings is 1. The largest absolute Gasteiger partial charge is 0.493 e. The molecule has 0 radical (unpaired) electrons. The average Bonchev–Trinajstić information content (AvgIpc) is 3.35. The Morgan fingerprint density at radius 3 is 2.53 bits per heavy atom. The molecule has 1 aromatic rings. The van der Waals surface area contributed by atoms with Gasteiger partial charge in [-0.1, -0.05) is 49.3 Å². The zero-order chi connectivity index (χ0) is 25.4. The van der Waals surface area contributed by atoms with Crippen LogP contribution in [0.5, 0.6) is 5.75 Å². The Labute approximate surface area is 205 Å². The van der Waals surface area contributed by atoms with Crippen LogP contribution in [0.1, 0.15) is 70.8 Å². The fourth-order valence-corrected chi connectivity index (χ4v) is 3.13. The van der Waals surface area contributed by atoms with Crippen molar-refractivity contribution >= 4 is 6.29 Å². The van der Waals surface area contributed by atoms with E-state index in [1.807, 2.05) is 25.1 Å². The van der Waals surface area contributed by atoms with E-state index >= 15 is 0 Å². The Kier molecular flexibility index (Phi) is 20.4. The molecular weight excluding hydrogens is 432 g/mol. The number of carbonyl (C=O) groups is 1. The third kappa shape index (κ3) is 20.0. The van der Waals surface area contributed by atoms with Crippen molar-refractivity contribution in [2.45, 2.75) is 78.2 Å². The van der Waals surface area contributed by atoms with Gasteiger partial charge < -0.3 is 19.7 Å². The lowest BCUT2D eigenvalue weighted by Crippen LogP contribution is -2.27. The van der Waals surface area contributed by atoms with E-state index in [1.54, 1.807) is 14.0 Å². The van der Waals surface area contributed by atoms with Gasteiger partial charge in [0.2, 0.25) is 0 Å². The Bertz CT molecular complexity index is 700. The van der Waals surface area contributed by atoms with Crippen LogP contribution in [0.4, 0.5) is 0 Å². The molecular formula is C27H44N2O5. The Morgan fingerprint density at radius 2 is 1.94 bits per heavy atom. The number of allylic oxidation sites excluding steroid dienone is 3. The summed E-state index contributed by atoms with van der Waals surface area (Å²) >= 11 is 0. The van der Waals surface area contributed by atoms with Gasteiger partial charge in [-0.25, -0.2) is 0 Å². The number of hydrogen-bond donors (Lipinski definition) is 1. The van der Waals surface area contributed by atoms with Crippen LogP contribution in [-0.4, -0.2) is 37.7 Å². The lowest BCUT2D eigenvalue weighted by molar-refractivity contribution is -0.758. The molecule has 0 amide bonds. The van der Waals surface area contributed by atoms with Crippen LogP contribution in [0.3, 0.4) is 0 Å². The maximum atomic E-state index is 9.74. The molecule has 1 aliphatic carbocycles. The van der Waals surface area contributed by atoms with Gasteiger partial charge in [-0.2, -0.15) is 0 Å². The fourth-order valence-electron chi connectivity index (χ4n) is 3.13. The van der Waals surface area contributed by atoms with E-state index in [9.17, 15) is 14.9 Å². The quantitative estimate of drug-likeness (QED) is 0.119. The predicted molar refractivity (Wildman–Crippen MR) is 139 cm³/mol. The predicted octanol–water partition coefficient (Wildman–Crippen LogP) is 6.24. The van der Waals surface area contributed by atoms with E-state index in [1.165, 1.54) is 31.2 Å². The van der Waals surface area contributed by atoms with Crippen molar-refractivity contribution < 1.29 is 19.5 Å². The Morgan fingerprint density at radius 1 is 1.21 bits per heavy atom. The first-order valence-corrected chi connectivity index (χ1v) is 12.3. The van der Waals surface area contributed by atoms with E-state index in [0.29, 0.717) is 6.42 Å². The van der Waals surface area contributed by atoms with Gasteiger partial charge in [0.15, 0.2) is 0 Å². The number of ether oxygens (including phenoxy) is 1. The molecule has 2 rings (SSSR count). The number of nitrogens with zero attached hydrogens (tertiary/aromatic N) is 1. The van der Waals surface area contributed by atoms with Gasteiger partial charge in [0.1, 0.15) is 18.6 Å². The van der Waals surface area contributed by atoms with Crippen LogP contribution in [0, 0.1) is 23.0 Å². The molecule has 0 saturated heterocycles. The van der Waals surface area contributed by atoms with Crippen LogP contribution in [-0.2, 0) is 9.63 Å². The minimum absolute atomic E-state index is 0.0235. The zero-order valence-corrected chi connectivity index (χ0v) is 21.4. The maximum absolute atomic E-state index is 9.74. The molecule has 1 fully saturated rings. The number of likely N-dealkylation sites (N-methyl/N-ethyl adjacent to an activating group) is 1. The average molecular weight is 477 g/mol. The standard InChI is InChI=1S/C16H22O.C7H12O.C4H10N2O3/c1-14-7-6-11-16(13-14)17-12-5-4-10-15-8-2-3-9-15;1-2-3-4-5-6-7-8;1-4(5-2)3-9-6(7)8/h4,6-7,10-11,13,15H,2-3,5,8-9,12H2,1H3;2-3,7H,4-6H2,1H3;4-5H,3H2,1-2H3/b10-4+;3-2-;. The molecule has 192 valence electrons. The number of rotatable bonds is 13. The second kappa shape index (κ2) is 22.1. The second-order valence-corrected chi connectivity index (χ2v) is 8.30. The second-order valence-electron chi connectivity index (χ2n) is 8.30. The summed E-state index contributed by atoms with van der Waals surface area (Å²) < 4.78 is 5.70. The van der Waals surface area contributed by atoms with Crippen molar-refractivity contribution in [1.29, 1.82) is 0 Å². The van der Waals surface area contributed by atoms with Crippen molar-refractivity contribution in [3.63, 3.8) is 0 Å². The summed E-state index contributed by atoms with van der Waals surface area (Å²) in [5.41, 5.74) is 1.25. The molecule has 1 N–H and O–H groups in total. The minimum atomic E-state index is -0.798. The molecule has 0 aliphatic heterocycles. The zero-order valence-electron chi connectivity index (χ0n) is 21.4.